The third-order valence-corrected chi connectivity index (χ3v) is 4.70. The minimum atomic E-state index is -0.0401. The highest BCUT2D eigenvalue weighted by atomic mass is 35.5. The van der Waals surface area contributed by atoms with Gasteiger partial charge in [0.2, 0.25) is 0 Å². The van der Waals surface area contributed by atoms with Crippen molar-refractivity contribution in [1.82, 2.24) is 15.3 Å². The maximum Gasteiger partial charge on any atom is 0.135 e. The maximum absolute atomic E-state index is 6.26. The molecule has 0 aliphatic carbocycles. The third-order valence-electron chi connectivity index (χ3n) is 3.88. The van der Waals surface area contributed by atoms with Gasteiger partial charge in [0.25, 0.3) is 0 Å². The molecule has 0 bridgehead atoms. The van der Waals surface area contributed by atoms with Crippen molar-refractivity contribution in [3.8, 4) is 11.3 Å². The van der Waals surface area contributed by atoms with Crippen LogP contribution in [0.3, 0.4) is 0 Å². The number of nitrogens with one attached hydrogen (secondary N) is 2. The van der Waals surface area contributed by atoms with Gasteiger partial charge in [-0.15, -0.1) is 0 Å². The summed E-state index contributed by atoms with van der Waals surface area (Å²) in [4.78, 5) is 7.58. The predicted octanol–water partition coefficient (Wildman–Crippen LogP) is 4.21. The van der Waals surface area contributed by atoms with E-state index in [0.29, 0.717) is 15.8 Å². The molecule has 0 spiro atoms. The molecule has 1 aromatic carbocycles. The molecule has 2 aromatic heterocycles. The van der Waals surface area contributed by atoms with Crippen LogP contribution < -0.4 is 5.32 Å². The minimum absolute atomic E-state index is 0.0401. The standard InChI is InChI=1S/C16H13Cl2N3O/c17-10-3-1-2-9(14(10)18)12-4-5-13(22-12)16-15-11(6-7-19-16)20-8-21-15/h1-5,8,16,19H,6-7H2,(H,20,21)/t16-/m0/s1. The number of nitrogens with zero attached hydrogens (tertiary/aromatic N) is 1. The fourth-order valence-electron chi connectivity index (χ4n) is 2.80. The number of halogens is 2. The number of aromatic nitrogens is 2. The summed E-state index contributed by atoms with van der Waals surface area (Å²) in [6.07, 6.45) is 2.67. The Labute approximate surface area is 137 Å². The molecule has 1 aliphatic heterocycles. The molecule has 0 saturated carbocycles. The molecule has 0 radical (unpaired) electrons. The van der Waals surface area contributed by atoms with Crippen LogP contribution in [0, 0.1) is 0 Å². The normalized spacial score (nSPS) is 17.5. The van der Waals surface area contributed by atoms with Gasteiger partial charge in [-0.25, -0.2) is 4.98 Å². The van der Waals surface area contributed by atoms with Gasteiger partial charge < -0.3 is 14.7 Å². The van der Waals surface area contributed by atoms with Crippen LogP contribution in [0.5, 0.6) is 0 Å². The summed E-state index contributed by atoms with van der Waals surface area (Å²) in [5, 5.41) is 4.45. The van der Waals surface area contributed by atoms with E-state index in [4.69, 9.17) is 27.6 Å². The number of hydrogen-bond donors (Lipinski definition) is 2. The summed E-state index contributed by atoms with van der Waals surface area (Å²) in [6.45, 7) is 0.883. The Bertz CT molecular complexity index is 824. The van der Waals surface area contributed by atoms with Crippen LogP contribution in [0.15, 0.2) is 41.1 Å². The second-order valence-electron chi connectivity index (χ2n) is 5.21. The van der Waals surface area contributed by atoms with Crippen molar-refractivity contribution in [1.29, 1.82) is 0 Å². The van der Waals surface area contributed by atoms with Gasteiger partial charge in [0.15, 0.2) is 0 Å². The highest BCUT2D eigenvalue weighted by molar-refractivity contribution is 6.43. The van der Waals surface area contributed by atoms with E-state index < -0.39 is 0 Å². The smallest absolute Gasteiger partial charge is 0.135 e. The lowest BCUT2D eigenvalue weighted by molar-refractivity contribution is 0.437. The van der Waals surface area contributed by atoms with E-state index in [1.54, 1.807) is 12.4 Å². The number of fused-ring (bicyclic) bond motifs is 1. The number of hydrogen-bond acceptors (Lipinski definition) is 3. The van der Waals surface area contributed by atoms with Crippen molar-refractivity contribution < 1.29 is 4.42 Å². The quantitative estimate of drug-likeness (QED) is 0.738. The lowest BCUT2D eigenvalue weighted by Gasteiger charge is -2.21. The zero-order chi connectivity index (χ0) is 15.1. The Hall–Kier alpha value is -1.75. The van der Waals surface area contributed by atoms with E-state index >= 15 is 0 Å². The number of H-pyrrole nitrogens is 1. The predicted molar refractivity (Wildman–Crippen MR) is 86.3 cm³/mol. The van der Waals surface area contributed by atoms with Crippen molar-refractivity contribution in [2.24, 2.45) is 0 Å². The highest BCUT2D eigenvalue weighted by Gasteiger charge is 2.26. The lowest BCUT2D eigenvalue weighted by atomic mass is 10.0. The van der Waals surface area contributed by atoms with Gasteiger partial charge in [-0.3, -0.25) is 0 Å². The Balaban J connectivity index is 1.73. The largest absolute Gasteiger partial charge is 0.459 e. The average molecular weight is 334 g/mol. The summed E-state index contributed by atoms with van der Waals surface area (Å²) in [5.74, 6) is 1.52. The molecule has 3 aromatic rings. The van der Waals surface area contributed by atoms with Gasteiger partial charge in [0.1, 0.15) is 17.6 Å². The summed E-state index contributed by atoms with van der Waals surface area (Å²) in [5.41, 5.74) is 2.94. The highest BCUT2D eigenvalue weighted by Crippen LogP contribution is 2.36. The number of aromatic amines is 1. The van der Waals surface area contributed by atoms with Gasteiger partial charge in [0, 0.05) is 24.2 Å². The second kappa shape index (κ2) is 5.47. The number of benzene rings is 1. The Morgan fingerprint density at radius 3 is 3.00 bits per heavy atom. The third kappa shape index (κ3) is 2.24. The zero-order valence-corrected chi connectivity index (χ0v) is 13.1. The molecule has 3 heterocycles. The van der Waals surface area contributed by atoms with E-state index in [0.717, 1.165) is 35.7 Å². The van der Waals surface area contributed by atoms with Gasteiger partial charge >= 0.3 is 0 Å². The number of imidazole rings is 1. The molecule has 1 atom stereocenters. The van der Waals surface area contributed by atoms with Gasteiger partial charge in [0.05, 0.1) is 22.1 Å². The van der Waals surface area contributed by atoms with Crippen molar-refractivity contribution in [2.45, 2.75) is 12.5 Å². The van der Waals surface area contributed by atoms with E-state index in [-0.39, 0.29) is 6.04 Å². The first kappa shape index (κ1) is 13.9. The molecule has 6 heteroatoms. The van der Waals surface area contributed by atoms with Crippen molar-refractivity contribution >= 4 is 23.2 Å². The van der Waals surface area contributed by atoms with Crippen LogP contribution in [-0.2, 0) is 6.42 Å². The molecule has 4 rings (SSSR count). The summed E-state index contributed by atoms with van der Waals surface area (Å²) in [7, 11) is 0. The van der Waals surface area contributed by atoms with Crippen LogP contribution in [-0.4, -0.2) is 16.5 Å². The van der Waals surface area contributed by atoms with Crippen molar-refractivity contribution in [2.75, 3.05) is 6.54 Å². The van der Waals surface area contributed by atoms with E-state index in [1.165, 1.54) is 0 Å². The Kier molecular flexibility index (Phi) is 3.45. The summed E-state index contributed by atoms with van der Waals surface area (Å²) >= 11 is 12.3. The molecular formula is C16H13Cl2N3O. The van der Waals surface area contributed by atoms with E-state index in [2.05, 4.69) is 15.3 Å². The number of rotatable bonds is 2. The molecule has 0 saturated heterocycles. The van der Waals surface area contributed by atoms with Gasteiger partial charge in [-0.2, -0.15) is 0 Å². The van der Waals surface area contributed by atoms with Gasteiger partial charge in [-0.1, -0.05) is 29.3 Å². The molecule has 0 amide bonds. The SMILES string of the molecule is Clc1cccc(-c2ccc([C@@H]3NCCc4[nH]cnc43)o2)c1Cl. The first-order valence-corrected chi connectivity index (χ1v) is 7.79. The molecular weight excluding hydrogens is 321 g/mol. The zero-order valence-electron chi connectivity index (χ0n) is 11.6. The lowest BCUT2D eigenvalue weighted by Crippen LogP contribution is -2.30. The first-order valence-electron chi connectivity index (χ1n) is 7.03. The fourth-order valence-corrected chi connectivity index (χ4v) is 3.19. The molecule has 1 aliphatic rings. The number of furan rings is 1. The van der Waals surface area contributed by atoms with Crippen LogP contribution in [0.4, 0.5) is 0 Å². The summed E-state index contributed by atoms with van der Waals surface area (Å²) in [6, 6.07) is 9.34. The minimum Gasteiger partial charge on any atom is -0.459 e. The van der Waals surface area contributed by atoms with E-state index in [9.17, 15) is 0 Å². The second-order valence-corrected chi connectivity index (χ2v) is 5.99. The van der Waals surface area contributed by atoms with E-state index in [1.807, 2.05) is 24.3 Å². The van der Waals surface area contributed by atoms with Crippen LogP contribution in [0.2, 0.25) is 10.0 Å². The van der Waals surface area contributed by atoms with Gasteiger partial charge in [-0.05, 0) is 24.3 Å². The Morgan fingerprint density at radius 2 is 2.09 bits per heavy atom. The molecule has 0 fully saturated rings. The summed E-state index contributed by atoms with van der Waals surface area (Å²) < 4.78 is 6.01. The van der Waals surface area contributed by atoms with Crippen LogP contribution in [0.1, 0.15) is 23.2 Å². The van der Waals surface area contributed by atoms with Crippen LogP contribution in [0.25, 0.3) is 11.3 Å². The molecule has 22 heavy (non-hydrogen) atoms. The average Bonchev–Trinajstić information content (AvgIpc) is 3.18. The monoisotopic (exact) mass is 333 g/mol. The first-order chi connectivity index (χ1) is 10.7. The fraction of sp³-hybridized carbons (Fsp3) is 0.188. The maximum atomic E-state index is 6.26. The molecule has 4 nitrogen and oxygen atoms in total. The topological polar surface area (TPSA) is 53.9 Å². The molecule has 112 valence electrons. The molecule has 2 N–H and O–H groups in total. The van der Waals surface area contributed by atoms with Crippen LogP contribution >= 0.6 is 23.2 Å². The Morgan fingerprint density at radius 1 is 1.18 bits per heavy atom. The molecule has 0 unspecified atom stereocenters. The van der Waals surface area contributed by atoms with Crippen molar-refractivity contribution in [3.63, 3.8) is 0 Å². The van der Waals surface area contributed by atoms with Crippen molar-refractivity contribution in [3.05, 3.63) is 63.9 Å².